The number of methoxy groups -OCH3 is 2. The van der Waals surface area contributed by atoms with Crippen LogP contribution in [0.5, 0.6) is 0 Å². The molecule has 0 amide bonds. The van der Waals surface area contributed by atoms with E-state index in [1.165, 1.54) is 0 Å². The minimum absolute atomic E-state index is 0.298. The number of carbonyl (C=O) groups excluding carboxylic acids is 1. The van der Waals surface area contributed by atoms with Crippen molar-refractivity contribution in [3.63, 3.8) is 0 Å². The third-order valence-corrected chi connectivity index (χ3v) is 3.57. The highest BCUT2D eigenvalue weighted by atomic mass is 16.7. The third kappa shape index (κ3) is 4.44. The van der Waals surface area contributed by atoms with Crippen molar-refractivity contribution in [3.8, 4) is 11.3 Å². The first-order valence-corrected chi connectivity index (χ1v) is 7.75. The van der Waals surface area contributed by atoms with Crippen LogP contribution in [-0.2, 0) is 25.4 Å². The van der Waals surface area contributed by atoms with E-state index >= 15 is 0 Å². The molecule has 0 saturated carbocycles. The molecule has 1 aromatic heterocycles. The van der Waals surface area contributed by atoms with Gasteiger partial charge in [0.05, 0.1) is 6.61 Å². The summed E-state index contributed by atoms with van der Waals surface area (Å²) >= 11 is 0. The topological polar surface area (TPSA) is 83.9 Å². The molecule has 130 valence electrons. The first-order chi connectivity index (χ1) is 11.6. The molecule has 0 aliphatic carbocycles. The van der Waals surface area contributed by atoms with Crippen LogP contribution in [0.25, 0.3) is 11.3 Å². The van der Waals surface area contributed by atoms with Gasteiger partial charge in [0.15, 0.2) is 6.29 Å². The lowest BCUT2D eigenvalue weighted by atomic mass is 10.1. The molecule has 0 aliphatic heterocycles. The van der Waals surface area contributed by atoms with Crippen molar-refractivity contribution in [1.29, 1.82) is 0 Å². The molecule has 24 heavy (non-hydrogen) atoms. The first-order valence-electron chi connectivity index (χ1n) is 7.75. The molecular formula is C18H23NO5. The highest BCUT2D eigenvalue weighted by molar-refractivity contribution is 5.75. The van der Waals surface area contributed by atoms with Crippen LogP contribution in [0.3, 0.4) is 0 Å². The number of rotatable bonds is 8. The van der Waals surface area contributed by atoms with Crippen molar-refractivity contribution in [1.82, 2.24) is 0 Å². The number of ether oxygens (including phenoxy) is 3. The molecule has 6 heteroatoms. The van der Waals surface area contributed by atoms with Crippen molar-refractivity contribution < 1.29 is 23.4 Å². The van der Waals surface area contributed by atoms with Gasteiger partial charge in [-0.05, 0) is 19.1 Å². The molecule has 6 nitrogen and oxygen atoms in total. The summed E-state index contributed by atoms with van der Waals surface area (Å²) in [4.78, 5) is 11.6. The van der Waals surface area contributed by atoms with Crippen LogP contribution in [0.4, 0.5) is 0 Å². The minimum atomic E-state index is -0.726. The fourth-order valence-corrected chi connectivity index (χ4v) is 2.37. The highest BCUT2D eigenvalue weighted by Gasteiger charge is 2.17. The lowest BCUT2D eigenvalue weighted by Crippen LogP contribution is -2.34. The van der Waals surface area contributed by atoms with Crippen molar-refractivity contribution in [2.45, 2.75) is 25.7 Å². The van der Waals surface area contributed by atoms with E-state index in [2.05, 4.69) is 0 Å². The van der Waals surface area contributed by atoms with Crippen LogP contribution >= 0.6 is 0 Å². The summed E-state index contributed by atoms with van der Waals surface area (Å²) in [5.74, 6) is 0.922. The number of hydrogen-bond acceptors (Lipinski definition) is 6. The van der Waals surface area contributed by atoms with Gasteiger partial charge in [0.25, 0.3) is 0 Å². The van der Waals surface area contributed by atoms with Gasteiger partial charge in [-0.3, -0.25) is 4.79 Å². The average Bonchev–Trinajstić information content (AvgIpc) is 3.05. The second kappa shape index (κ2) is 8.63. The Hall–Kier alpha value is -2.15. The Morgan fingerprint density at radius 2 is 1.79 bits per heavy atom. The highest BCUT2D eigenvalue weighted by Crippen LogP contribution is 2.25. The molecule has 2 N–H and O–H groups in total. The van der Waals surface area contributed by atoms with Crippen molar-refractivity contribution >= 4 is 5.97 Å². The van der Waals surface area contributed by atoms with Gasteiger partial charge in [0.2, 0.25) is 0 Å². The van der Waals surface area contributed by atoms with Crippen molar-refractivity contribution in [3.05, 3.63) is 47.7 Å². The normalized spacial score (nSPS) is 12.4. The van der Waals surface area contributed by atoms with Crippen LogP contribution in [0, 0.1) is 0 Å². The van der Waals surface area contributed by atoms with E-state index < -0.39 is 18.3 Å². The fraction of sp³-hybridized carbons (Fsp3) is 0.389. The van der Waals surface area contributed by atoms with E-state index in [1.807, 2.05) is 36.4 Å². The second-order valence-corrected chi connectivity index (χ2v) is 5.25. The van der Waals surface area contributed by atoms with E-state index in [0.717, 1.165) is 11.1 Å². The lowest BCUT2D eigenvalue weighted by Gasteiger charge is -2.13. The lowest BCUT2D eigenvalue weighted by molar-refractivity contribution is -0.144. The molecular weight excluding hydrogens is 310 g/mol. The molecule has 0 aliphatic rings. The Bertz CT molecular complexity index is 646. The third-order valence-electron chi connectivity index (χ3n) is 3.57. The van der Waals surface area contributed by atoms with Crippen LogP contribution in [0.2, 0.25) is 0 Å². The summed E-state index contributed by atoms with van der Waals surface area (Å²) in [6.07, 6.45) is -0.0967. The molecule has 1 atom stereocenters. The van der Waals surface area contributed by atoms with Gasteiger partial charge < -0.3 is 24.4 Å². The van der Waals surface area contributed by atoms with Gasteiger partial charge in [0, 0.05) is 31.8 Å². The predicted octanol–water partition coefficient (Wildman–Crippen LogP) is 2.67. The Balaban J connectivity index is 2.06. The maximum atomic E-state index is 11.6. The predicted molar refractivity (Wildman–Crippen MR) is 89.2 cm³/mol. The number of benzene rings is 1. The van der Waals surface area contributed by atoms with Gasteiger partial charge >= 0.3 is 5.97 Å². The Morgan fingerprint density at radius 3 is 2.38 bits per heavy atom. The number of nitrogens with two attached hydrogens (primary N) is 1. The molecule has 2 rings (SSSR count). The average molecular weight is 333 g/mol. The smallest absolute Gasteiger partial charge is 0.323 e. The monoisotopic (exact) mass is 333 g/mol. The summed E-state index contributed by atoms with van der Waals surface area (Å²) in [7, 11) is 3.18. The quantitative estimate of drug-likeness (QED) is 0.590. The summed E-state index contributed by atoms with van der Waals surface area (Å²) in [6.45, 7) is 2.06. The van der Waals surface area contributed by atoms with E-state index in [-0.39, 0.29) is 0 Å². The molecule has 1 unspecified atom stereocenters. The van der Waals surface area contributed by atoms with E-state index in [9.17, 15) is 4.79 Å². The molecule has 0 bridgehead atoms. The number of esters is 1. The minimum Gasteiger partial charge on any atom is -0.465 e. The van der Waals surface area contributed by atoms with Crippen LogP contribution in [0.1, 0.15) is 24.5 Å². The first kappa shape index (κ1) is 18.2. The molecule has 0 spiro atoms. The Labute approximate surface area is 141 Å². The van der Waals surface area contributed by atoms with Crippen molar-refractivity contribution in [2.24, 2.45) is 5.73 Å². The summed E-state index contributed by atoms with van der Waals surface area (Å²) in [6, 6.07) is 10.6. The van der Waals surface area contributed by atoms with E-state index in [4.69, 9.17) is 24.4 Å². The maximum Gasteiger partial charge on any atom is 0.323 e. The largest absolute Gasteiger partial charge is 0.465 e. The Kier molecular flexibility index (Phi) is 6.54. The van der Waals surface area contributed by atoms with Crippen LogP contribution in [-0.4, -0.2) is 32.8 Å². The Morgan fingerprint density at radius 1 is 1.12 bits per heavy atom. The van der Waals surface area contributed by atoms with Gasteiger partial charge in [-0.25, -0.2) is 0 Å². The number of furan rings is 1. The summed E-state index contributed by atoms with van der Waals surface area (Å²) in [5, 5.41) is 0. The molecule has 2 aromatic rings. The molecule has 1 aromatic carbocycles. The SMILES string of the molecule is CCOC(=O)C(N)Cc1ccc(-c2ccc(C(OC)OC)cc2)o1. The van der Waals surface area contributed by atoms with Gasteiger partial charge in [-0.1, -0.05) is 24.3 Å². The molecule has 0 saturated heterocycles. The van der Waals surface area contributed by atoms with E-state index in [1.54, 1.807) is 21.1 Å². The zero-order valence-corrected chi connectivity index (χ0v) is 14.2. The summed E-state index contributed by atoms with van der Waals surface area (Å²) in [5.41, 5.74) is 7.64. The molecule has 0 radical (unpaired) electrons. The molecule has 1 heterocycles. The summed E-state index contributed by atoms with van der Waals surface area (Å²) < 4.78 is 21.1. The van der Waals surface area contributed by atoms with Crippen LogP contribution in [0.15, 0.2) is 40.8 Å². The van der Waals surface area contributed by atoms with Gasteiger partial charge in [0.1, 0.15) is 17.6 Å². The number of carbonyl (C=O) groups is 1. The van der Waals surface area contributed by atoms with Crippen molar-refractivity contribution in [2.75, 3.05) is 20.8 Å². The second-order valence-electron chi connectivity index (χ2n) is 5.25. The van der Waals surface area contributed by atoms with Gasteiger partial charge in [-0.15, -0.1) is 0 Å². The maximum absolute atomic E-state index is 11.6. The van der Waals surface area contributed by atoms with E-state index in [0.29, 0.717) is 24.5 Å². The zero-order valence-electron chi connectivity index (χ0n) is 14.2. The standard InChI is InChI=1S/C18H23NO5/c1-4-23-17(20)15(19)11-14-9-10-16(24-14)12-5-7-13(8-6-12)18(21-2)22-3/h5-10,15,18H,4,11,19H2,1-3H3. The molecule has 0 fully saturated rings. The fourth-order valence-electron chi connectivity index (χ4n) is 2.37. The van der Waals surface area contributed by atoms with Crippen LogP contribution < -0.4 is 5.73 Å². The van der Waals surface area contributed by atoms with Gasteiger partial charge in [-0.2, -0.15) is 0 Å². The number of hydrogen-bond donors (Lipinski definition) is 1. The zero-order chi connectivity index (χ0) is 17.5.